The minimum Gasteiger partial charge on any atom is -0.383 e. The lowest BCUT2D eigenvalue weighted by molar-refractivity contribution is -0.121. The molecular weight excluding hydrogens is 296 g/mol. The van der Waals surface area contributed by atoms with Gasteiger partial charge in [0.2, 0.25) is 5.91 Å². The summed E-state index contributed by atoms with van der Waals surface area (Å²) in [6.45, 7) is 7.63. The van der Waals surface area contributed by atoms with Crippen molar-refractivity contribution in [3.8, 4) is 0 Å². The van der Waals surface area contributed by atoms with Crippen LogP contribution < -0.4 is 5.32 Å². The van der Waals surface area contributed by atoms with Gasteiger partial charge < -0.3 is 15.0 Å². The number of hydrogen-bond acceptors (Lipinski definition) is 5. The van der Waals surface area contributed by atoms with Crippen LogP contribution in [0.5, 0.6) is 0 Å². The molecule has 23 heavy (non-hydrogen) atoms. The van der Waals surface area contributed by atoms with Gasteiger partial charge in [0, 0.05) is 39.4 Å². The van der Waals surface area contributed by atoms with E-state index >= 15 is 0 Å². The maximum Gasteiger partial charge on any atom is 0.274 e. The Balaban J connectivity index is 2.62. The van der Waals surface area contributed by atoms with Gasteiger partial charge in [0.1, 0.15) is 5.69 Å². The third-order valence-corrected chi connectivity index (χ3v) is 3.17. The van der Waals surface area contributed by atoms with Crippen molar-refractivity contribution in [1.82, 2.24) is 20.2 Å². The standard InChI is InChI=1S/C16H26N4O3/c1-12(2)9-19-15(21)5-6-20(7-8-23-4)16(22)14-11-17-13(3)10-18-14/h10-12H,5-9H2,1-4H3,(H,19,21). The first-order chi connectivity index (χ1) is 10.9. The van der Waals surface area contributed by atoms with Crippen LogP contribution in [0.25, 0.3) is 0 Å². The van der Waals surface area contributed by atoms with Gasteiger partial charge in [-0.25, -0.2) is 4.98 Å². The van der Waals surface area contributed by atoms with Gasteiger partial charge >= 0.3 is 0 Å². The molecule has 7 nitrogen and oxygen atoms in total. The van der Waals surface area contributed by atoms with Crippen LogP contribution in [0.2, 0.25) is 0 Å². The lowest BCUT2D eigenvalue weighted by Gasteiger charge is -2.21. The van der Waals surface area contributed by atoms with Crippen LogP contribution in [-0.2, 0) is 9.53 Å². The molecule has 0 saturated carbocycles. The van der Waals surface area contributed by atoms with Crippen molar-refractivity contribution in [2.24, 2.45) is 5.92 Å². The second-order valence-electron chi connectivity index (χ2n) is 5.78. The van der Waals surface area contributed by atoms with E-state index in [9.17, 15) is 9.59 Å². The van der Waals surface area contributed by atoms with Crippen molar-refractivity contribution < 1.29 is 14.3 Å². The molecule has 0 bridgehead atoms. The number of aromatic nitrogens is 2. The van der Waals surface area contributed by atoms with Crippen molar-refractivity contribution in [2.45, 2.75) is 27.2 Å². The minimum atomic E-state index is -0.244. The highest BCUT2D eigenvalue weighted by atomic mass is 16.5. The maximum atomic E-state index is 12.5. The largest absolute Gasteiger partial charge is 0.383 e. The highest BCUT2D eigenvalue weighted by Crippen LogP contribution is 2.03. The fraction of sp³-hybridized carbons (Fsp3) is 0.625. The van der Waals surface area contributed by atoms with Crippen molar-refractivity contribution in [3.63, 3.8) is 0 Å². The SMILES string of the molecule is COCCN(CCC(=O)NCC(C)C)C(=O)c1cnc(C)cn1. The average molecular weight is 322 g/mol. The summed E-state index contributed by atoms with van der Waals surface area (Å²) >= 11 is 0. The Labute approximate surface area is 137 Å². The van der Waals surface area contributed by atoms with Crippen molar-refractivity contribution >= 4 is 11.8 Å². The van der Waals surface area contributed by atoms with Gasteiger partial charge in [-0.05, 0) is 12.8 Å². The number of rotatable bonds is 9. The van der Waals surface area contributed by atoms with Crippen LogP contribution in [0.3, 0.4) is 0 Å². The van der Waals surface area contributed by atoms with E-state index in [1.54, 1.807) is 18.2 Å². The van der Waals surface area contributed by atoms with Crippen molar-refractivity contribution in [2.75, 3.05) is 33.4 Å². The fourth-order valence-electron chi connectivity index (χ4n) is 1.82. The van der Waals surface area contributed by atoms with Gasteiger partial charge in [0.05, 0.1) is 18.5 Å². The first-order valence-corrected chi connectivity index (χ1v) is 7.77. The van der Waals surface area contributed by atoms with Gasteiger partial charge in [0.25, 0.3) is 5.91 Å². The van der Waals surface area contributed by atoms with E-state index in [0.29, 0.717) is 32.2 Å². The van der Waals surface area contributed by atoms with Crippen molar-refractivity contribution in [1.29, 1.82) is 0 Å². The third kappa shape index (κ3) is 7.19. The van der Waals surface area contributed by atoms with E-state index in [1.165, 1.54) is 6.20 Å². The zero-order chi connectivity index (χ0) is 17.2. The molecule has 1 aromatic rings. The number of carbonyl (C=O) groups excluding carboxylic acids is 2. The van der Waals surface area contributed by atoms with Crippen LogP contribution in [0.15, 0.2) is 12.4 Å². The Kier molecular flexibility index (Phi) is 8.18. The Morgan fingerprint density at radius 2 is 2.00 bits per heavy atom. The summed E-state index contributed by atoms with van der Waals surface area (Å²) in [5.41, 5.74) is 1.02. The lowest BCUT2D eigenvalue weighted by Crippen LogP contribution is -2.38. The summed E-state index contributed by atoms with van der Waals surface area (Å²) in [6, 6.07) is 0. The van der Waals surface area contributed by atoms with Crippen LogP contribution in [0, 0.1) is 12.8 Å². The Morgan fingerprint density at radius 3 is 2.57 bits per heavy atom. The second kappa shape index (κ2) is 9.89. The van der Waals surface area contributed by atoms with E-state index in [2.05, 4.69) is 15.3 Å². The van der Waals surface area contributed by atoms with Gasteiger partial charge in [-0.3, -0.25) is 14.6 Å². The highest BCUT2D eigenvalue weighted by Gasteiger charge is 2.18. The molecule has 0 atom stereocenters. The van der Waals surface area contributed by atoms with Crippen LogP contribution >= 0.6 is 0 Å². The summed E-state index contributed by atoms with van der Waals surface area (Å²) in [4.78, 5) is 34.1. The van der Waals surface area contributed by atoms with Gasteiger partial charge in [0.15, 0.2) is 0 Å². The van der Waals surface area contributed by atoms with E-state index in [1.807, 2.05) is 20.8 Å². The van der Waals surface area contributed by atoms with E-state index in [0.717, 1.165) is 5.69 Å². The number of amides is 2. The monoisotopic (exact) mass is 322 g/mol. The molecule has 0 radical (unpaired) electrons. The molecule has 0 aliphatic heterocycles. The number of carbonyl (C=O) groups is 2. The van der Waals surface area contributed by atoms with Gasteiger partial charge in [-0.1, -0.05) is 13.8 Å². The van der Waals surface area contributed by atoms with E-state index in [-0.39, 0.29) is 23.9 Å². The van der Waals surface area contributed by atoms with Crippen LogP contribution in [0.4, 0.5) is 0 Å². The van der Waals surface area contributed by atoms with Gasteiger partial charge in [-0.15, -0.1) is 0 Å². The normalized spacial score (nSPS) is 10.7. The first kappa shape index (κ1) is 19.0. The zero-order valence-electron chi connectivity index (χ0n) is 14.3. The smallest absolute Gasteiger partial charge is 0.274 e. The predicted octanol–water partition coefficient (Wildman–Crippen LogP) is 1.04. The molecule has 2 amide bonds. The molecule has 1 heterocycles. The molecule has 1 N–H and O–H groups in total. The van der Waals surface area contributed by atoms with Gasteiger partial charge in [-0.2, -0.15) is 0 Å². The molecule has 0 fully saturated rings. The molecular formula is C16H26N4O3. The molecule has 0 aliphatic rings. The number of aryl methyl sites for hydroxylation is 1. The topological polar surface area (TPSA) is 84.4 Å². The quantitative estimate of drug-likeness (QED) is 0.734. The van der Waals surface area contributed by atoms with E-state index in [4.69, 9.17) is 4.74 Å². The number of nitrogens with zero attached hydrogens (tertiary/aromatic N) is 3. The first-order valence-electron chi connectivity index (χ1n) is 7.77. The molecule has 7 heteroatoms. The summed E-state index contributed by atoms with van der Waals surface area (Å²) in [7, 11) is 1.57. The number of methoxy groups -OCH3 is 1. The second-order valence-corrected chi connectivity index (χ2v) is 5.78. The molecule has 1 rings (SSSR count). The summed E-state index contributed by atoms with van der Waals surface area (Å²) in [5.74, 6) is 0.0862. The molecule has 0 spiro atoms. The predicted molar refractivity (Wildman–Crippen MR) is 87.0 cm³/mol. The molecule has 0 unspecified atom stereocenters. The lowest BCUT2D eigenvalue weighted by atomic mass is 10.2. The molecule has 0 aromatic carbocycles. The summed E-state index contributed by atoms with van der Waals surface area (Å²) < 4.78 is 5.03. The number of nitrogens with one attached hydrogen (secondary N) is 1. The van der Waals surface area contributed by atoms with Crippen LogP contribution in [0.1, 0.15) is 36.5 Å². The molecule has 0 saturated heterocycles. The summed E-state index contributed by atoms with van der Waals surface area (Å²) in [5, 5.41) is 2.84. The molecule has 0 aliphatic carbocycles. The van der Waals surface area contributed by atoms with Crippen molar-refractivity contribution in [3.05, 3.63) is 23.8 Å². The number of hydrogen-bond donors (Lipinski definition) is 1. The average Bonchev–Trinajstić information content (AvgIpc) is 2.53. The maximum absolute atomic E-state index is 12.5. The Morgan fingerprint density at radius 1 is 1.26 bits per heavy atom. The van der Waals surface area contributed by atoms with E-state index < -0.39 is 0 Å². The molecule has 128 valence electrons. The molecule has 1 aromatic heterocycles. The van der Waals surface area contributed by atoms with Crippen LogP contribution in [-0.4, -0.2) is 60.0 Å². The summed E-state index contributed by atoms with van der Waals surface area (Å²) in [6.07, 6.45) is 3.26. The Hall–Kier alpha value is -2.02. The minimum absolute atomic E-state index is 0.0658. The highest BCUT2D eigenvalue weighted by molar-refractivity contribution is 5.92. The Bertz CT molecular complexity index is 503. The third-order valence-electron chi connectivity index (χ3n) is 3.17. The zero-order valence-corrected chi connectivity index (χ0v) is 14.3. The fourth-order valence-corrected chi connectivity index (χ4v) is 1.82. The number of ether oxygens (including phenoxy) is 1.